The van der Waals surface area contributed by atoms with Crippen LogP contribution >= 0.6 is 0 Å². The van der Waals surface area contributed by atoms with Crippen molar-refractivity contribution in [3.8, 4) is 23.0 Å². The lowest BCUT2D eigenvalue weighted by molar-refractivity contribution is 0.0270. The summed E-state index contributed by atoms with van der Waals surface area (Å²) < 4.78 is 5.52. The summed E-state index contributed by atoms with van der Waals surface area (Å²) in [5, 5.41) is 55.2. The van der Waals surface area contributed by atoms with E-state index < -0.39 is 81.3 Å². The monoisotopic (exact) mass is 579 g/mol. The van der Waals surface area contributed by atoms with Crippen LogP contribution in [0.3, 0.4) is 0 Å². The molecule has 3 aromatic carbocycles. The molecule has 42 heavy (non-hydrogen) atoms. The predicted octanol–water partition coefficient (Wildman–Crippen LogP) is 1.42. The zero-order valence-corrected chi connectivity index (χ0v) is 21.9. The SMILES string of the molecule is CNC(=O)N1CC(NC(=O)c2ccc(O)cc2)C(OC(=O)c2cc(O)c(C(=O)c3c(O)cccc3C(=O)O)c(O)c2)C1. The Hall–Kier alpha value is -5.79. The molecule has 0 aromatic heterocycles. The summed E-state index contributed by atoms with van der Waals surface area (Å²) in [6.45, 7) is -0.149. The fourth-order valence-corrected chi connectivity index (χ4v) is 4.47. The highest BCUT2D eigenvalue weighted by molar-refractivity contribution is 6.18. The summed E-state index contributed by atoms with van der Waals surface area (Å²) in [6.07, 6.45) is -1.07. The fraction of sp³-hybridized carbons (Fsp3) is 0.179. The maximum atomic E-state index is 13.0. The van der Waals surface area contributed by atoms with Gasteiger partial charge in [0, 0.05) is 19.2 Å². The van der Waals surface area contributed by atoms with E-state index in [0.29, 0.717) is 0 Å². The Labute approximate surface area is 237 Å². The van der Waals surface area contributed by atoms with Crippen molar-refractivity contribution in [3.63, 3.8) is 0 Å². The number of carboxylic acids is 1. The first-order valence-electron chi connectivity index (χ1n) is 12.3. The minimum atomic E-state index is -1.54. The van der Waals surface area contributed by atoms with Gasteiger partial charge in [-0.25, -0.2) is 14.4 Å². The molecule has 1 aliphatic rings. The van der Waals surface area contributed by atoms with Crippen molar-refractivity contribution < 1.29 is 54.2 Å². The number of urea groups is 1. The van der Waals surface area contributed by atoms with Crippen molar-refractivity contribution >= 4 is 29.7 Å². The second-order valence-corrected chi connectivity index (χ2v) is 9.25. The molecule has 0 spiro atoms. The van der Waals surface area contributed by atoms with Crippen LogP contribution in [0.25, 0.3) is 0 Å². The lowest BCUT2D eigenvalue weighted by Crippen LogP contribution is -2.45. The summed E-state index contributed by atoms with van der Waals surface area (Å²) in [4.78, 5) is 63.9. The Morgan fingerprint density at radius 1 is 0.833 bits per heavy atom. The number of nitrogens with one attached hydrogen (secondary N) is 2. The van der Waals surface area contributed by atoms with Gasteiger partial charge in [-0.15, -0.1) is 0 Å². The number of likely N-dealkylation sites (tertiary alicyclic amines) is 1. The number of rotatable bonds is 7. The molecule has 1 fully saturated rings. The summed E-state index contributed by atoms with van der Waals surface area (Å²) in [6, 6.07) is 8.93. The van der Waals surface area contributed by atoms with Gasteiger partial charge in [0.15, 0.2) is 0 Å². The molecule has 7 N–H and O–H groups in total. The smallest absolute Gasteiger partial charge is 0.338 e. The molecule has 1 aliphatic heterocycles. The topological polar surface area (TPSA) is 223 Å². The van der Waals surface area contributed by atoms with Crippen LogP contribution in [0.4, 0.5) is 4.79 Å². The molecule has 0 aliphatic carbocycles. The second kappa shape index (κ2) is 11.8. The minimum absolute atomic E-state index is 0.0299. The Morgan fingerprint density at radius 2 is 1.48 bits per heavy atom. The van der Waals surface area contributed by atoms with Gasteiger partial charge in [-0.05, 0) is 48.5 Å². The van der Waals surface area contributed by atoms with Crippen molar-refractivity contribution in [1.82, 2.24) is 15.5 Å². The zero-order valence-electron chi connectivity index (χ0n) is 21.9. The molecular formula is C28H25N3O11. The molecule has 2 unspecified atom stereocenters. The highest BCUT2D eigenvalue weighted by atomic mass is 16.5. The number of aromatic carboxylic acids is 1. The number of benzene rings is 3. The van der Waals surface area contributed by atoms with Crippen molar-refractivity contribution in [2.75, 3.05) is 20.1 Å². The maximum absolute atomic E-state index is 13.0. The molecule has 14 heteroatoms. The Morgan fingerprint density at radius 3 is 2.07 bits per heavy atom. The van der Waals surface area contributed by atoms with Crippen LogP contribution in [0.15, 0.2) is 54.6 Å². The zero-order chi connectivity index (χ0) is 30.7. The van der Waals surface area contributed by atoms with Crippen LogP contribution in [0, 0.1) is 0 Å². The number of ether oxygens (including phenoxy) is 1. The number of aromatic hydroxyl groups is 4. The molecular weight excluding hydrogens is 554 g/mol. The first kappa shape index (κ1) is 29.2. The van der Waals surface area contributed by atoms with Gasteiger partial charge in [-0.2, -0.15) is 0 Å². The number of hydrogen-bond acceptors (Lipinski definition) is 10. The molecule has 1 heterocycles. The number of carbonyl (C=O) groups is 5. The summed E-state index contributed by atoms with van der Waals surface area (Å²) in [5.41, 5.74) is -2.23. The Bertz CT molecular complexity index is 1560. The molecule has 0 radical (unpaired) electrons. The van der Waals surface area contributed by atoms with Crippen LogP contribution in [0.5, 0.6) is 23.0 Å². The van der Waals surface area contributed by atoms with Crippen molar-refractivity contribution in [2.24, 2.45) is 0 Å². The number of carboxylic acid groups (broad SMARTS) is 1. The normalized spacial score (nSPS) is 16.0. The average Bonchev–Trinajstić information content (AvgIpc) is 3.33. The van der Waals surface area contributed by atoms with Crippen molar-refractivity contribution in [3.05, 3.63) is 82.4 Å². The quantitative estimate of drug-likeness (QED) is 0.157. The largest absolute Gasteiger partial charge is 0.508 e. The first-order valence-corrected chi connectivity index (χ1v) is 12.3. The van der Waals surface area contributed by atoms with E-state index in [1.807, 2.05) is 0 Å². The lowest BCUT2D eigenvalue weighted by atomic mass is 9.95. The van der Waals surface area contributed by atoms with E-state index in [9.17, 15) is 49.5 Å². The number of phenols is 4. The van der Waals surface area contributed by atoms with E-state index in [1.165, 1.54) is 42.3 Å². The predicted molar refractivity (Wildman–Crippen MR) is 143 cm³/mol. The number of hydrogen-bond donors (Lipinski definition) is 7. The second-order valence-electron chi connectivity index (χ2n) is 9.25. The third-order valence-corrected chi connectivity index (χ3v) is 6.53. The standard InChI is InChI=1S/C28H25N3O11/c1-29-28(41)31-11-17(30-25(37)13-5-7-15(32)8-6-13)21(12-31)42-27(40)14-9-19(34)23(20(35)10-14)24(36)22-16(26(38)39)3-2-4-18(22)33/h2-10,17,21,32-35H,11-12H2,1H3,(H,29,41)(H,30,37)(H,38,39). The maximum Gasteiger partial charge on any atom is 0.338 e. The number of ketones is 1. The number of phenolic OH excluding ortho intramolecular Hbond substituents is 4. The summed E-state index contributed by atoms with van der Waals surface area (Å²) >= 11 is 0. The van der Waals surface area contributed by atoms with Gasteiger partial charge < -0.3 is 45.8 Å². The van der Waals surface area contributed by atoms with Crippen LogP contribution in [0.2, 0.25) is 0 Å². The van der Waals surface area contributed by atoms with E-state index in [2.05, 4.69) is 10.6 Å². The molecule has 3 amide bonds. The van der Waals surface area contributed by atoms with Gasteiger partial charge in [-0.1, -0.05) is 6.07 Å². The van der Waals surface area contributed by atoms with E-state index >= 15 is 0 Å². The average molecular weight is 580 g/mol. The lowest BCUT2D eigenvalue weighted by Gasteiger charge is -2.20. The van der Waals surface area contributed by atoms with Gasteiger partial charge in [0.05, 0.1) is 29.3 Å². The highest BCUT2D eigenvalue weighted by Crippen LogP contribution is 2.35. The fourth-order valence-electron chi connectivity index (χ4n) is 4.47. The van der Waals surface area contributed by atoms with Crippen LogP contribution < -0.4 is 10.6 Å². The molecule has 3 aromatic rings. The number of amides is 3. The van der Waals surface area contributed by atoms with E-state index in [-0.39, 0.29) is 24.4 Å². The summed E-state index contributed by atoms with van der Waals surface area (Å²) in [5.74, 6) is -6.96. The van der Waals surface area contributed by atoms with Gasteiger partial charge in [0.2, 0.25) is 5.78 Å². The molecule has 218 valence electrons. The third-order valence-electron chi connectivity index (χ3n) is 6.53. The van der Waals surface area contributed by atoms with Crippen molar-refractivity contribution in [2.45, 2.75) is 12.1 Å². The first-order chi connectivity index (χ1) is 19.9. The molecule has 14 nitrogen and oxygen atoms in total. The van der Waals surface area contributed by atoms with Gasteiger partial charge in [0.1, 0.15) is 34.7 Å². The Balaban J connectivity index is 1.58. The molecule has 1 saturated heterocycles. The number of esters is 1. The molecule has 0 saturated carbocycles. The van der Waals surface area contributed by atoms with Gasteiger partial charge in [0.25, 0.3) is 5.91 Å². The highest BCUT2D eigenvalue weighted by Gasteiger charge is 2.39. The molecule has 4 rings (SSSR count). The van der Waals surface area contributed by atoms with Crippen LogP contribution in [0.1, 0.15) is 47.0 Å². The molecule has 2 atom stereocenters. The van der Waals surface area contributed by atoms with E-state index in [0.717, 1.165) is 24.3 Å². The van der Waals surface area contributed by atoms with Gasteiger partial charge in [-0.3, -0.25) is 9.59 Å². The summed E-state index contributed by atoms with van der Waals surface area (Å²) in [7, 11) is 1.40. The van der Waals surface area contributed by atoms with Gasteiger partial charge >= 0.3 is 18.0 Å². The Kier molecular flexibility index (Phi) is 8.17. The van der Waals surface area contributed by atoms with Crippen LogP contribution in [-0.4, -0.2) is 92.4 Å². The van der Waals surface area contributed by atoms with E-state index in [4.69, 9.17) is 4.74 Å². The molecule has 0 bridgehead atoms. The number of nitrogens with zero attached hydrogens (tertiary/aromatic N) is 1. The third kappa shape index (κ3) is 5.86. The number of carbonyl (C=O) groups excluding carboxylic acids is 4. The van der Waals surface area contributed by atoms with Crippen LogP contribution in [-0.2, 0) is 4.74 Å². The van der Waals surface area contributed by atoms with Crippen molar-refractivity contribution in [1.29, 1.82) is 0 Å². The minimum Gasteiger partial charge on any atom is -0.508 e. The van der Waals surface area contributed by atoms with E-state index in [1.54, 1.807) is 0 Å².